The van der Waals surface area contributed by atoms with Crippen molar-refractivity contribution in [3.05, 3.63) is 18.0 Å². The Morgan fingerprint density at radius 1 is 1.47 bits per heavy atom. The maximum atomic E-state index is 12.0. The molecule has 1 aromatic heterocycles. The Kier molecular flexibility index (Phi) is 5.13. The Morgan fingerprint density at radius 3 is 2.58 bits per heavy atom. The molecule has 0 aliphatic rings. The molecule has 7 heteroatoms. The maximum absolute atomic E-state index is 12.0. The second kappa shape index (κ2) is 6.21. The van der Waals surface area contributed by atoms with Crippen LogP contribution in [-0.2, 0) is 16.6 Å². The fraction of sp³-hybridized carbons (Fsp3) is 0.583. The van der Waals surface area contributed by atoms with Gasteiger partial charge in [0, 0.05) is 19.3 Å². The first-order valence-electron chi connectivity index (χ1n) is 6.26. The third-order valence-electron chi connectivity index (χ3n) is 2.57. The zero-order chi connectivity index (χ0) is 14.6. The molecule has 0 radical (unpaired) electrons. The number of hydrogen-bond acceptors (Lipinski definition) is 3. The highest BCUT2D eigenvalue weighted by Crippen LogP contribution is 2.14. The number of sulfonamides is 1. The van der Waals surface area contributed by atoms with E-state index in [0.29, 0.717) is 24.7 Å². The average Bonchev–Trinajstić information content (AvgIpc) is 2.70. The van der Waals surface area contributed by atoms with Crippen LogP contribution < -0.4 is 10.5 Å². The van der Waals surface area contributed by atoms with E-state index < -0.39 is 10.0 Å². The van der Waals surface area contributed by atoms with Crippen molar-refractivity contribution in [2.24, 2.45) is 11.1 Å². The first kappa shape index (κ1) is 15.7. The average molecular weight is 287 g/mol. The van der Waals surface area contributed by atoms with Crippen molar-refractivity contribution < 1.29 is 13.2 Å². The highest BCUT2D eigenvalue weighted by atomic mass is 32.2. The molecule has 0 saturated heterocycles. The van der Waals surface area contributed by atoms with Gasteiger partial charge in [-0.1, -0.05) is 20.8 Å². The molecular formula is C12H21N3O3S. The van der Waals surface area contributed by atoms with Gasteiger partial charge in [-0.05, 0) is 18.4 Å². The topological polar surface area (TPSA) is 94.2 Å². The van der Waals surface area contributed by atoms with Gasteiger partial charge >= 0.3 is 0 Å². The van der Waals surface area contributed by atoms with E-state index in [1.54, 1.807) is 4.57 Å². The molecule has 0 bridgehead atoms. The SMILES string of the molecule is CCCn1cc(S(N)(=O)=O)cc1C(=O)NCC(C)C. The van der Waals surface area contributed by atoms with E-state index in [9.17, 15) is 13.2 Å². The lowest BCUT2D eigenvalue weighted by Gasteiger charge is -2.10. The molecule has 0 aromatic carbocycles. The van der Waals surface area contributed by atoms with Crippen LogP contribution in [0, 0.1) is 5.92 Å². The van der Waals surface area contributed by atoms with Gasteiger partial charge in [0.1, 0.15) is 10.6 Å². The monoisotopic (exact) mass is 287 g/mol. The summed E-state index contributed by atoms with van der Waals surface area (Å²) < 4.78 is 24.3. The molecule has 108 valence electrons. The van der Waals surface area contributed by atoms with Gasteiger partial charge in [-0.15, -0.1) is 0 Å². The van der Waals surface area contributed by atoms with Crippen LogP contribution in [0.1, 0.15) is 37.7 Å². The minimum absolute atomic E-state index is 0.0318. The van der Waals surface area contributed by atoms with Gasteiger partial charge in [-0.25, -0.2) is 13.6 Å². The summed E-state index contributed by atoms with van der Waals surface area (Å²) in [6.45, 7) is 7.04. The number of carbonyl (C=O) groups excluding carboxylic acids is 1. The number of carbonyl (C=O) groups is 1. The van der Waals surface area contributed by atoms with Gasteiger partial charge in [0.25, 0.3) is 5.91 Å². The number of rotatable bonds is 6. The zero-order valence-corrected chi connectivity index (χ0v) is 12.3. The van der Waals surface area contributed by atoms with Gasteiger partial charge < -0.3 is 9.88 Å². The smallest absolute Gasteiger partial charge is 0.267 e. The molecular weight excluding hydrogens is 266 g/mol. The Labute approximate surface area is 114 Å². The van der Waals surface area contributed by atoms with Gasteiger partial charge in [-0.3, -0.25) is 4.79 Å². The number of primary sulfonamides is 1. The molecule has 0 fully saturated rings. The number of nitrogens with two attached hydrogens (primary N) is 1. The summed E-state index contributed by atoms with van der Waals surface area (Å²) in [4.78, 5) is 12.0. The fourth-order valence-electron chi connectivity index (χ4n) is 1.64. The van der Waals surface area contributed by atoms with Crippen LogP contribution in [0.5, 0.6) is 0 Å². The van der Waals surface area contributed by atoms with E-state index in [1.165, 1.54) is 12.3 Å². The predicted molar refractivity (Wildman–Crippen MR) is 73.3 cm³/mol. The summed E-state index contributed by atoms with van der Waals surface area (Å²) in [7, 11) is -3.79. The molecule has 6 nitrogen and oxygen atoms in total. The third-order valence-corrected chi connectivity index (χ3v) is 3.45. The van der Waals surface area contributed by atoms with E-state index in [2.05, 4.69) is 5.32 Å². The van der Waals surface area contributed by atoms with E-state index in [0.717, 1.165) is 6.42 Å². The Morgan fingerprint density at radius 2 is 2.11 bits per heavy atom. The normalized spacial score (nSPS) is 11.8. The van der Waals surface area contributed by atoms with Crippen molar-refractivity contribution in [2.75, 3.05) is 6.54 Å². The lowest BCUT2D eigenvalue weighted by molar-refractivity contribution is 0.0939. The molecule has 0 spiro atoms. The molecule has 0 aliphatic carbocycles. The summed E-state index contributed by atoms with van der Waals surface area (Å²) in [6.07, 6.45) is 2.20. The van der Waals surface area contributed by atoms with Crippen LogP contribution in [0.25, 0.3) is 0 Å². The van der Waals surface area contributed by atoms with Crippen molar-refractivity contribution >= 4 is 15.9 Å². The molecule has 0 aliphatic heterocycles. The van der Waals surface area contributed by atoms with Gasteiger partial charge in [0.2, 0.25) is 10.0 Å². The molecule has 1 heterocycles. The number of aromatic nitrogens is 1. The van der Waals surface area contributed by atoms with E-state index in [1.807, 2.05) is 20.8 Å². The summed E-state index contributed by atoms with van der Waals surface area (Å²) in [5, 5.41) is 7.85. The van der Waals surface area contributed by atoms with Gasteiger partial charge in [-0.2, -0.15) is 0 Å². The maximum Gasteiger partial charge on any atom is 0.267 e. The number of nitrogens with zero attached hydrogens (tertiary/aromatic N) is 1. The fourth-order valence-corrected chi connectivity index (χ4v) is 2.19. The summed E-state index contributed by atoms with van der Waals surface area (Å²) in [6, 6.07) is 1.32. The number of amides is 1. The van der Waals surface area contributed by atoms with Crippen LogP contribution in [0.15, 0.2) is 17.2 Å². The van der Waals surface area contributed by atoms with Crippen molar-refractivity contribution in [3.63, 3.8) is 0 Å². The molecule has 0 saturated carbocycles. The third kappa shape index (κ3) is 4.36. The highest BCUT2D eigenvalue weighted by Gasteiger charge is 2.18. The standard InChI is InChI=1S/C12H21N3O3S/c1-4-5-15-8-10(19(13,17)18)6-11(15)12(16)14-7-9(2)3/h6,8-9H,4-5,7H2,1-3H3,(H,14,16)(H2,13,17,18). The molecule has 19 heavy (non-hydrogen) atoms. The summed E-state index contributed by atoms with van der Waals surface area (Å²) in [5.74, 6) is 0.0494. The quantitative estimate of drug-likeness (QED) is 0.815. The number of hydrogen-bond donors (Lipinski definition) is 2. The lowest BCUT2D eigenvalue weighted by atomic mass is 10.2. The van der Waals surface area contributed by atoms with Crippen molar-refractivity contribution in [3.8, 4) is 0 Å². The van der Waals surface area contributed by atoms with Crippen molar-refractivity contribution in [1.29, 1.82) is 0 Å². The minimum Gasteiger partial charge on any atom is -0.351 e. The van der Waals surface area contributed by atoms with Crippen LogP contribution in [0.4, 0.5) is 0 Å². The Bertz CT molecular complexity index is 547. The van der Waals surface area contributed by atoms with Gasteiger partial charge in [0.05, 0.1) is 0 Å². The second-order valence-electron chi connectivity index (χ2n) is 4.90. The minimum atomic E-state index is -3.79. The largest absolute Gasteiger partial charge is 0.351 e. The van der Waals surface area contributed by atoms with Crippen LogP contribution in [0.2, 0.25) is 0 Å². The van der Waals surface area contributed by atoms with E-state index in [-0.39, 0.29) is 10.8 Å². The molecule has 1 aromatic rings. The van der Waals surface area contributed by atoms with Gasteiger partial charge in [0.15, 0.2) is 0 Å². The predicted octanol–water partition coefficient (Wildman–Crippen LogP) is 0.931. The summed E-state index contributed by atoms with van der Waals surface area (Å²) in [5.41, 5.74) is 0.325. The molecule has 0 atom stereocenters. The first-order chi connectivity index (χ1) is 8.75. The van der Waals surface area contributed by atoms with E-state index in [4.69, 9.17) is 5.14 Å². The lowest BCUT2D eigenvalue weighted by Crippen LogP contribution is -2.29. The zero-order valence-electron chi connectivity index (χ0n) is 11.5. The summed E-state index contributed by atoms with van der Waals surface area (Å²) >= 11 is 0. The molecule has 3 N–H and O–H groups in total. The molecule has 1 rings (SSSR count). The van der Waals surface area contributed by atoms with Crippen LogP contribution in [-0.4, -0.2) is 25.4 Å². The number of nitrogens with one attached hydrogen (secondary N) is 1. The Hall–Kier alpha value is -1.34. The molecule has 1 amide bonds. The van der Waals surface area contributed by atoms with Crippen LogP contribution in [0.3, 0.4) is 0 Å². The second-order valence-corrected chi connectivity index (χ2v) is 6.46. The highest BCUT2D eigenvalue weighted by molar-refractivity contribution is 7.89. The first-order valence-corrected chi connectivity index (χ1v) is 7.81. The molecule has 0 unspecified atom stereocenters. The Balaban J connectivity index is 3.04. The van der Waals surface area contributed by atoms with Crippen molar-refractivity contribution in [2.45, 2.75) is 38.6 Å². The number of aryl methyl sites for hydroxylation is 1. The van der Waals surface area contributed by atoms with Crippen LogP contribution >= 0.6 is 0 Å². The van der Waals surface area contributed by atoms with Crippen molar-refractivity contribution in [1.82, 2.24) is 9.88 Å². The van der Waals surface area contributed by atoms with E-state index >= 15 is 0 Å².